The van der Waals surface area contributed by atoms with Crippen LogP contribution in [0.4, 0.5) is 10.8 Å². The van der Waals surface area contributed by atoms with Crippen LogP contribution in [0.1, 0.15) is 6.92 Å². The highest BCUT2D eigenvalue weighted by molar-refractivity contribution is 7.98. The van der Waals surface area contributed by atoms with E-state index in [1.54, 1.807) is 6.92 Å². The molecule has 0 amide bonds. The number of hydrogen-bond acceptors (Lipinski definition) is 8. The molecule has 0 aliphatic rings. The summed E-state index contributed by atoms with van der Waals surface area (Å²) in [5.74, 6) is 0.539. The van der Waals surface area contributed by atoms with Gasteiger partial charge in [-0.15, -0.1) is 0 Å². The van der Waals surface area contributed by atoms with Crippen molar-refractivity contribution in [1.29, 1.82) is 0 Å². The van der Waals surface area contributed by atoms with E-state index >= 15 is 0 Å². The number of nitrogen functional groups attached to an aromatic ring is 1. The highest BCUT2D eigenvalue weighted by Gasteiger charge is 2.24. The molecule has 1 aromatic heterocycles. The molecule has 0 aliphatic carbocycles. The highest BCUT2D eigenvalue weighted by Crippen LogP contribution is 2.31. The van der Waals surface area contributed by atoms with Crippen molar-refractivity contribution in [2.24, 2.45) is 0 Å². The highest BCUT2D eigenvalue weighted by atomic mass is 32.2. The molecule has 1 rings (SSSR count). The minimum atomic E-state index is -3.43. The number of nitrogens with zero attached hydrogens (tertiary/aromatic N) is 1. The first-order valence-electron chi connectivity index (χ1n) is 5.08. The van der Waals surface area contributed by atoms with Gasteiger partial charge in [0.25, 0.3) is 0 Å². The van der Waals surface area contributed by atoms with Crippen molar-refractivity contribution in [3.8, 4) is 0 Å². The van der Waals surface area contributed by atoms with Crippen LogP contribution in [-0.4, -0.2) is 48.3 Å². The summed E-state index contributed by atoms with van der Waals surface area (Å²) in [6.07, 6.45) is 2.97. The Kier molecular flexibility index (Phi) is 4.87. The maximum Gasteiger partial charge on any atom is 0.182 e. The number of aromatic nitrogens is 1. The Hall–Kier alpha value is -0.510. The lowest BCUT2D eigenvalue weighted by atomic mass is 10.1. The van der Waals surface area contributed by atoms with Gasteiger partial charge in [0, 0.05) is 18.6 Å². The second kappa shape index (κ2) is 5.64. The van der Waals surface area contributed by atoms with E-state index in [2.05, 4.69) is 9.69 Å². The minimum Gasteiger partial charge on any atom is -0.387 e. The fourth-order valence-electron chi connectivity index (χ4n) is 1.40. The first-order chi connectivity index (χ1) is 8.17. The molecule has 6 nitrogen and oxygen atoms in total. The second-order valence-corrected chi connectivity index (χ2v) is 7.87. The van der Waals surface area contributed by atoms with Crippen molar-refractivity contribution in [3.63, 3.8) is 0 Å². The lowest BCUT2D eigenvalue weighted by Gasteiger charge is -2.22. The van der Waals surface area contributed by atoms with Crippen LogP contribution in [0.5, 0.6) is 0 Å². The van der Waals surface area contributed by atoms with Gasteiger partial charge < -0.3 is 16.2 Å². The van der Waals surface area contributed by atoms with E-state index in [0.29, 0.717) is 10.8 Å². The summed E-state index contributed by atoms with van der Waals surface area (Å²) in [7, 11) is -3.43. The molecule has 18 heavy (non-hydrogen) atoms. The van der Waals surface area contributed by atoms with Crippen LogP contribution in [-0.2, 0) is 9.84 Å². The Balaban J connectivity index is 2.88. The topological polar surface area (TPSA) is 105 Å². The van der Waals surface area contributed by atoms with Crippen molar-refractivity contribution in [1.82, 2.24) is 4.37 Å². The number of thioether (sulfide) groups is 1. The predicted octanol–water partition coefficient (Wildman–Crippen LogP) is 0.655. The van der Waals surface area contributed by atoms with Gasteiger partial charge in [0.1, 0.15) is 9.90 Å². The second-order valence-electron chi connectivity index (χ2n) is 4.28. The molecule has 0 aromatic carbocycles. The van der Waals surface area contributed by atoms with Crippen LogP contribution < -0.4 is 11.1 Å². The van der Waals surface area contributed by atoms with E-state index in [1.807, 2.05) is 6.26 Å². The number of nitrogens with two attached hydrogens (primary N) is 1. The zero-order valence-electron chi connectivity index (χ0n) is 10.4. The Morgan fingerprint density at radius 2 is 2.22 bits per heavy atom. The van der Waals surface area contributed by atoms with Gasteiger partial charge in [-0.2, -0.15) is 16.1 Å². The maximum absolute atomic E-state index is 11.6. The number of aliphatic hydroxyl groups is 1. The van der Waals surface area contributed by atoms with Gasteiger partial charge in [0.05, 0.1) is 5.60 Å². The molecule has 0 bridgehead atoms. The van der Waals surface area contributed by atoms with Crippen molar-refractivity contribution in [2.75, 3.05) is 35.9 Å². The third-order valence-electron chi connectivity index (χ3n) is 2.13. The van der Waals surface area contributed by atoms with Gasteiger partial charge in [0.15, 0.2) is 15.7 Å². The SMILES string of the molecule is CSCC(C)(O)CNc1snc(N)c1S(C)(=O)=O. The average molecular weight is 311 g/mol. The van der Waals surface area contributed by atoms with Crippen LogP contribution in [0.25, 0.3) is 0 Å². The Labute approximate surface area is 115 Å². The van der Waals surface area contributed by atoms with E-state index in [-0.39, 0.29) is 17.3 Å². The Morgan fingerprint density at radius 3 is 2.72 bits per heavy atom. The lowest BCUT2D eigenvalue weighted by molar-refractivity contribution is 0.0997. The van der Waals surface area contributed by atoms with Crippen molar-refractivity contribution < 1.29 is 13.5 Å². The summed E-state index contributed by atoms with van der Waals surface area (Å²) >= 11 is 2.49. The van der Waals surface area contributed by atoms with Gasteiger partial charge in [-0.05, 0) is 24.7 Å². The van der Waals surface area contributed by atoms with E-state index < -0.39 is 15.4 Å². The summed E-state index contributed by atoms with van der Waals surface area (Å²) in [4.78, 5) is 0.00690. The van der Waals surface area contributed by atoms with E-state index in [0.717, 1.165) is 17.8 Å². The van der Waals surface area contributed by atoms with E-state index in [9.17, 15) is 13.5 Å². The molecule has 0 fully saturated rings. The summed E-state index contributed by atoms with van der Waals surface area (Å²) in [6.45, 7) is 1.92. The molecular formula is C9H17N3O3S3. The fraction of sp³-hybridized carbons (Fsp3) is 0.667. The monoisotopic (exact) mass is 311 g/mol. The fourth-order valence-corrected chi connectivity index (χ4v) is 4.18. The van der Waals surface area contributed by atoms with Gasteiger partial charge in [-0.3, -0.25) is 0 Å². The van der Waals surface area contributed by atoms with Crippen molar-refractivity contribution in [2.45, 2.75) is 17.4 Å². The molecule has 0 spiro atoms. The quantitative estimate of drug-likeness (QED) is 0.708. The van der Waals surface area contributed by atoms with E-state index in [4.69, 9.17) is 5.73 Å². The van der Waals surface area contributed by atoms with Gasteiger partial charge in [-0.25, -0.2) is 8.42 Å². The molecule has 9 heteroatoms. The molecule has 104 valence electrons. The molecule has 4 N–H and O–H groups in total. The number of nitrogens with one attached hydrogen (secondary N) is 1. The predicted molar refractivity (Wildman–Crippen MR) is 77.1 cm³/mol. The van der Waals surface area contributed by atoms with Crippen LogP contribution >= 0.6 is 23.3 Å². The largest absolute Gasteiger partial charge is 0.387 e. The standard InChI is InChI=1S/C9H17N3O3S3/c1-9(13,5-16-2)4-11-8-6(18(3,14)15)7(10)12-17-8/h11,13H,4-5H2,1-3H3,(H2,10,12). The first kappa shape index (κ1) is 15.5. The molecular weight excluding hydrogens is 294 g/mol. The zero-order chi connectivity index (χ0) is 14.0. The molecule has 1 atom stereocenters. The third kappa shape index (κ3) is 4.01. The van der Waals surface area contributed by atoms with Crippen LogP contribution in [0.2, 0.25) is 0 Å². The smallest absolute Gasteiger partial charge is 0.182 e. The molecule has 0 aliphatic heterocycles. The normalized spacial score (nSPS) is 15.3. The molecule has 0 saturated heterocycles. The lowest BCUT2D eigenvalue weighted by Crippen LogP contribution is -2.36. The molecule has 1 heterocycles. The molecule has 0 radical (unpaired) electrons. The maximum atomic E-state index is 11.6. The van der Waals surface area contributed by atoms with E-state index in [1.165, 1.54) is 11.8 Å². The van der Waals surface area contributed by atoms with Crippen LogP contribution in [0.15, 0.2) is 4.90 Å². The first-order valence-corrected chi connectivity index (χ1v) is 9.13. The molecule has 1 unspecified atom stereocenters. The average Bonchev–Trinajstić information content (AvgIpc) is 2.56. The molecule has 1 aromatic rings. The minimum absolute atomic E-state index is 0.00508. The van der Waals surface area contributed by atoms with Crippen molar-refractivity contribution in [3.05, 3.63) is 0 Å². The van der Waals surface area contributed by atoms with Crippen LogP contribution in [0, 0.1) is 0 Å². The number of rotatable bonds is 6. The number of hydrogen-bond donors (Lipinski definition) is 3. The Morgan fingerprint density at radius 1 is 1.61 bits per heavy atom. The zero-order valence-corrected chi connectivity index (χ0v) is 12.9. The van der Waals surface area contributed by atoms with Crippen molar-refractivity contribution >= 4 is 44.0 Å². The summed E-state index contributed by atoms with van der Waals surface area (Å²) in [5.41, 5.74) is 4.62. The summed E-state index contributed by atoms with van der Waals surface area (Å²) in [5, 5.41) is 13.3. The van der Waals surface area contributed by atoms with Crippen LogP contribution in [0.3, 0.4) is 0 Å². The third-order valence-corrected chi connectivity index (χ3v) is 5.14. The number of anilines is 2. The molecule has 0 saturated carbocycles. The summed E-state index contributed by atoms with van der Waals surface area (Å²) in [6, 6.07) is 0. The van der Waals surface area contributed by atoms with Gasteiger partial charge >= 0.3 is 0 Å². The van der Waals surface area contributed by atoms with Gasteiger partial charge in [-0.1, -0.05) is 0 Å². The Bertz CT molecular complexity index is 510. The van der Waals surface area contributed by atoms with Gasteiger partial charge in [0.2, 0.25) is 0 Å². The number of sulfone groups is 1. The summed E-state index contributed by atoms with van der Waals surface area (Å²) < 4.78 is 27.0.